The van der Waals surface area contributed by atoms with Crippen LogP contribution in [0.4, 0.5) is 0 Å². The third kappa shape index (κ3) is 4.43. The van der Waals surface area contributed by atoms with Crippen molar-refractivity contribution in [3.05, 3.63) is 0 Å². The predicted molar refractivity (Wildman–Crippen MR) is 76.8 cm³/mol. The zero-order valence-corrected chi connectivity index (χ0v) is 12.1. The van der Waals surface area contributed by atoms with Crippen molar-refractivity contribution in [2.45, 2.75) is 51.4 Å². The lowest BCUT2D eigenvalue weighted by Crippen LogP contribution is -2.30. The van der Waals surface area contributed by atoms with Crippen molar-refractivity contribution in [2.75, 3.05) is 19.6 Å². The van der Waals surface area contributed by atoms with Gasteiger partial charge in [-0.25, -0.2) is 0 Å². The number of hydrogen-bond donors (Lipinski definition) is 1. The minimum absolute atomic E-state index is 0. The molecule has 0 spiro atoms. The van der Waals surface area contributed by atoms with Crippen LogP contribution in [0.15, 0.2) is 0 Å². The van der Waals surface area contributed by atoms with Crippen molar-refractivity contribution in [3.8, 4) is 0 Å². The van der Waals surface area contributed by atoms with E-state index < -0.39 is 0 Å². The fourth-order valence-corrected chi connectivity index (χ4v) is 3.21. The van der Waals surface area contributed by atoms with Gasteiger partial charge in [0.05, 0.1) is 0 Å². The summed E-state index contributed by atoms with van der Waals surface area (Å²) in [5.74, 6) is 1.74. The Morgan fingerprint density at radius 1 is 1.11 bits per heavy atom. The normalized spacial score (nSPS) is 24.9. The Balaban J connectivity index is 0.00000162. The van der Waals surface area contributed by atoms with Crippen molar-refractivity contribution >= 4 is 18.3 Å². The Bertz CT molecular complexity index is 254. The Morgan fingerprint density at radius 3 is 2.44 bits per heavy atom. The molecule has 106 valence electrons. The van der Waals surface area contributed by atoms with E-state index in [1.54, 1.807) is 0 Å². The van der Waals surface area contributed by atoms with Crippen LogP contribution in [0.1, 0.15) is 51.4 Å². The van der Waals surface area contributed by atoms with Crippen molar-refractivity contribution in [1.82, 2.24) is 4.90 Å². The van der Waals surface area contributed by atoms with Gasteiger partial charge in [-0.1, -0.05) is 32.1 Å². The molecule has 2 fully saturated rings. The summed E-state index contributed by atoms with van der Waals surface area (Å²) in [5, 5.41) is 0. The van der Waals surface area contributed by atoms with Gasteiger partial charge in [0, 0.05) is 19.5 Å². The summed E-state index contributed by atoms with van der Waals surface area (Å²) in [6, 6.07) is 0. The fourth-order valence-electron chi connectivity index (χ4n) is 3.21. The van der Waals surface area contributed by atoms with E-state index in [9.17, 15) is 4.79 Å². The summed E-state index contributed by atoms with van der Waals surface area (Å²) in [5.41, 5.74) is 5.65. The van der Waals surface area contributed by atoms with Crippen LogP contribution < -0.4 is 5.73 Å². The summed E-state index contributed by atoms with van der Waals surface area (Å²) in [7, 11) is 0. The first-order chi connectivity index (χ1) is 8.29. The molecule has 1 unspecified atom stereocenters. The van der Waals surface area contributed by atoms with Crippen LogP contribution in [-0.4, -0.2) is 30.4 Å². The number of rotatable bonds is 4. The van der Waals surface area contributed by atoms with Gasteiger partial charge in [-0.15, -0.1) is 12.4 Å². The van der Waals surface area contributed by atoms with Gasteiger partial charge < -0.3 is 10.6 Å². The minimum atomic E-state index is 0. The van der Waals surface area contributed by atoms with Gasteiger partial charge in [-0.2, -0.15) is 0 Å². The highest BCUT2D eigenvalue weighted by atomic mass is 35.5. The van der Waals surface area contributed by atoms with E-state index >= 15 is 0 Å². The molecule has 0 bridgehead atoms. The average Bonchev–Trinajstić information content (AvgIpc) is 2.86. The van der Waals surface area contributed by atoms with Crippen molar-refractivity contribution in [3.63, 3.8) is 0 Å². The van der Waals surface area contributed by atoms with Crippen LogP contribution in [0.2, 0.25) is 0 Å². The number of nitrogens with zero attached hydrogens (tertiary/aromatic N) is 1. The molecule has 1 aliphatic heterocycles. The van der Waals surface area contributed by atoms with Gasteiger partial charge in [-0.3, -0.25) is 4.79 Å². The summed E-state index contributed by atoms with van der Waals surface area (Å²) < 4.78 is 0. The molecular formula is C14H27ClN2O. The third-order valence-electron chi connectivity index (χ3n) is 4.46. The van der Waals surface area contributed by atoms with E-state index in [1.165, 1.54) is 32.1 Å². The maximum absolute atomic E-state index is 12.0. The Morgan fingerprint density at radius 2 is 1.83 bits per heavy atom. The maximum Gasteiger partial charge on any atom is 0.222 e. The molecule has 2 N–H and O–H groups in total. The molecule has 2 aliphatic rings. The van der Waals surface area contributed by atoms with Crippen molar-refractivity contribution < 1.29 is 4.79 Å². The van der Waals surface area contributed by atoms with E-state index in [4.69, 9.17) is 5.73 Å². The second-order valence-corrected chi connectivity index (χ2v) is 5.77. The predicted octanol–water partition coefficient (Wildman–Crippen LogP) is 2.58. The molecule has 1 aliphatic carbocycles. The number of hydrogen-bond acceptors (Lipinski definition) is 2. The molecule has 4 heteroatoms. The maximum atomic E-state index is 12.0. The minimum Gasteiger partial charge on any atom is -0.342 e. The van der Waals surface area contributed by atoms with Crippen LogP contribution in [-0.2, 0) is 4.79 Å². The molecule has 18 heavy (non-hydrogen) atoms. The SMILES string of the molecule is Cl.NCC1CCN(C(=O)CCC2CCCCC2)C1. The summed E-state index contributed by atoms with van der Waals surface area (Å²) in [6.07, 6.45) is 9.82. The molecule has 1 heterocycles. The number of likely N-dealkylation sites (tertiary alicyclic amines) is 1. The van der Waals surface area contributed by atoms with Crippen LogP contribution >= 0.6 is 12.4 Å². The monoisotopic (exact) mass is 274 g/mol. The molecule has 0 aromatic carbocycles. The molecule has 2 rings (SSSR count). The zero-order valence-electron chi connectivity index (χ0n) is 11.3. The molecule has 1 amide bonds. The second kappa shape index (κ2) is 8.00. The van der Waals surface area contributed by atoms with Crippen molar-refractivity contribution in [2.24, 2.45) is 17.6 Å². The molecular weight excluding hydrogens is 248 g/mol. The second-order valence-electron chi connectivity index (χ2n) is 5.77. The Labute approximate surface area is 117 Å². The summed E-state index contributed by atoms with van der Waals surface area (Å²) in [4.78, 5) is 14.1. The first-order valence-electron chi connectivity index (χ1n) is 7.27. The highest BCUT2D eigenvalue weighted by Gasteiger charge is 2.25. The summed E-state index contributed by atoms with van der Waals surface area (Å²) >= 11 is 0. The molecule has 0 radical (unpaired) electrons. The third-order valence-corrected chi connectivity index (χ3v) is 4.46. The number of amides is 1. The van der Waals surface area contributed by atoms with Crippen molar-refractivity contribution in [1.29, 1.82) is 0 Å². The Kier molecular flexibility index (Phi) is 7.02. The number of carbonyl (C=O) groups excluding carboxylic acids is 1. The summed E-state index contributed by atoms with van der Waals surface area (Å²) in [6.45, 7) is 2.57. The molecule has 1 saturated carbocycles. The van der Waals surface area contributed by atoms with Crippen LogP contribution in [0.25, 0.3) is 0 Å². The van der Waals surface area contributed by atoms with E-state index in [-0.39, 0.29) is 12.4 Å². The largest absolute Gasteiger partial charge is 0.342 e. The molecule has 3 nitrogen and oxygen atoms in total. The molecule has 0 aromatic heterocycles. The quantitative estimate of drug-likeness (QED) is 0.856. The lowest BCUT2D eigenvalue weighted by Gasteiger charge is -2.22. The van der Waals surface area contributed by atoms with Gasteiger partial charge in [0.15, 0.2) is 0 Å². The van der Waals surface area contributed by atoms with E-state index in [0.717, 1.165) is 44.8 Å². The smallest absolute Gasteiger partial charge is 0.222 e. The highest BCUT2D eigenvalue weighted by Crippen LogP contribution is 2.28. The van der Waals surface area contributed by atoms with Crippen LogP contribution in [0, 0.1) is 11.8 Å². The van der Waals surface area contributed by atoms with Crippen LogP contribution in [0.3, 0.4) is 0 Å². The van der Waals surface area contributed by atoms with Gasteiger partial charge >= 0.3 is 0 Å². The topological polar surface area (TPSA) is 46.3 Å². The number of halogens is 1. The highest BCUT2D eigenvalue weighted by molar-refractivity contribution is 5.85. The van der Waals surface area contributed by atoms with Gasteiger partial charge in [0.1, 0.15) is 0 Å². The first kappa shape index (κ1) is 15.8. The van der Waals surface area contributed by atoms with Gasteiger partial charge in [0.25, 0.3) is 0 Å². The van der Waals surface area contributed by atoms with E-state index in [0.29, 0.717) is 11.8 Å². The average molecular weight is 275 g/mol. The molecule has 1 atom stereocenters. The lowest BCUT2D eigenvalue weighted by atomic mass is 9.86. The first-order valence-corrected chi connectivity index (χ1v) is 7.27. The lowest BCUT2D eigenvalue weighted by molar-refractivity contribution is -0.130. The van der Waals surface area contributed by atoms with Gasteiger partial charge in [0.2, 0.25) is 5.91 Å². The van der Waals surface area contributed by atoms with E-state index in [1.807, 2.05) is 4.90 Å². The zero-order chi connectivity index (χ0) is 12.1. The molecule has 1 saturated heterocycles. The number of carbonyl (C=O) groups is 1. The van der Waals surface area contributed by atoms with E-state index in [2.05, 4.69) is 0 Å². The molecule has 0 aromatic rings. The van der Waals surface area contributed by atoms with Gasteiger partial charge in [-0.05, 0) is 31.2 Å². The Hall–Kier alpha value is -0.280. The van der Waals surface area contributed by atoms with Crippen LogP contribution in [0.5, 0.6) is 0 Å². The standard InChI is InChI=1S/C14H26N2O.ClH/c15-10-13-8-9-16(11-13)14(17)7-6-12-4-2-1-3-5-12;/h12-13H,1-11,15H2;1H. The fraction of sp³-hybridized carbons (Fsp3) is 0.929. The number of nitrogens with two attached hydrogens (primary N) is 1.